The molecule has 31 heavy (non-hydrogen) atoms. The average molecular weight is 439 g/mol. The van der Waals surface area contributed by atoms with Crippen molar-refractivity contribution in [1.82, 2.24) is 19.5 Å². The van der Waals surface area contributed by atoms with Gasteiger partial charge in [0.05, 0.1) is 10.7 Å². The number of rotatable bonds is 3. The number of halogens is 1. The molecule has 5 rings (SSSR count). The van der Waals surface area contributed by atoms with Crippen molar-refractivity contribution in [1.29, 1.82) is 0 Å². The average Bonchev–Trinajstić information content (AvgIpc) is 2.99. The minimum atomic E-state index is -0.0198. The summed E-state index contributed by atoms with van der Waals surface area (Å²) in [5, 5.41) is 0.596. The normalized spacial score (nSPS) is 17.4. The standard InChI is InChI=1S/C23H27ClN6O/c1-28(18-8-5-4-7-17(18)24)23(31)16-10-13-29(14-11-16)21-20-22(26-15-25-21)30-12-6-2-3-9-19(30)27-20/h4-5,7-8,15-16H,2-3,6,9-14H2,1H3. The number of piperidine rings is 1. The molecule has 1 saturated heterocycles. The highest BCUT2D eigenvalue weighted by Crippen LogP contribution is 2.31. The summed E-state index contributed by atoms with van der Waals surface area (Å²) in [5.74, 6) is 2.12. The maximum atomic E-state index is 13.1. The zero-order valence-electron chi connectivity index (χ0n) is 17.8. The predicted molar refractivity (Wildman–Crippen MR) is 123 cm³/mol. The lowest BCUT2D eigenvalue weighted by atomic mass is 9.95. The van der Waals surface area contributed by atoms with Crippen LogP contribution >= 0.6 is 11.6 Å². The lowest BCUT2D eigenvalue weighted by Crippen LogP contribution is -2.41. The number of para-hydroxylation sites is 1. The van der Waals surface area contributed by atoms with Crippen molar-refractivity contribution in [2.75, 3.05) is 29.9 Å². The summed E-state index contributed by atoms with van der Waals surface area (Å²) in [6, 6.07) is 7.48. The van der Waals surface area contributed by atoms with E-state index in [0.29, 0.717) is 5.02 Å². The molecule has 0 radical (unpaired) electrons. The molecule has 0 aliphatic carbocycles. The molecule has 0 atom stereocenters. The lowest BCUT2D eigenvalue weighted by molar-refractivity contribution is -0.122. The van der Waals surface area contributed by atoms with Gasteiger partial charge in [0.25, 0.3) is 0 Å². The van der Waals surface area contributed by atoms with Crippen LogP contribution < -0.4 is 9.80 Å². The third kappa shape index (κ3) is 3.76. The Kier molecular flexibility index (Phi) is 5.52. The molecule has 8 heteroatoms. The number of aromatic nitrogens is 4. The number of benzene rings is 1. The van der Waals surface area contributed by atoms with Gasteiger partial charge in [0.15, 0.2) is 17.0 Å². The fourth-order valence-corrected chi connectivity index (χ4v) is 5.07. The highest BCUT2D eigenvalue weighted by atomic mass is 35.5. The molecule has 0 N–H and O–H groups in total. The zero-order valence-corrected chi connectivity index (χ0v) is 18.6. The van der Waals surface area contributed by atoms with E-state index in [1.807, 2.05) is 31.3 Å². The summed E-state index contributed by atoms with van der Waals surface area (Å²) in [7, 11) is 1.81. The van der Waals surface area contributed by atoms with Gasteiger partial charge in [-0.2, -0.15) is 0 Å². The number of hydrogen-bond donors (Lipinski definition) is 0. The first-order valence-corrected chi connectivity index (χ1v) is 11.5. The molecular formula is C23H27ClN6O. The Morgan fingerprint density at radius 3 is 2.71 bits per heavy atom. The van der Waals surface area contributed by atoms with Crippen molar-refractivity contribution in [3.63, 3.8) is 0 Å². The molecule has 1 fully saturated rings. The van der Waals surface area contributed by atoms with E-state index >= 15 is 0 Å². The van der Waals surface area contributed by atoms with E-state index in [1.54, 1.807) is 11.2 Å². The van der Waals surface area contributed by atoms with Crippen LogP contribution in [0.4, 0.5) is 11.5 Å². The molecule has 4 heterocycles. The summed E-state index contributed by atoms with van der Waals surface area (Å²) in [6.45, 7) is 2.54. The number of anilines is 2. The number of nitrogens with zero attached hydrogens (tertiary/aromatic N) is 6. The Balaban J connectivity index is 1.32. The first-order chi connectivity index (χ1) is 15.1. The van der Waals surface area contributed by atoms with Gasteiger partial charge in [0, 0.05) is 39.0 Å². The van der Waals surface area contributed by atoms with Gasteiger partial charge in [0.2, 0.25) is 5.91 Å². The molecule has 0 spiro atoms. The Hall–Kier alpha value is -2.67. The van der Waals surface area contributed by atoms with Gasteiger partial charge in [-0.3, -0.25) is 4.79 Å². The molecule has 162 valence electrons. The van der Waals surface area contributed by atoms with E-state index in [4.69, 9.17) is 16.6 Å². The van der Waals surface area contributed by atoms with Crippen molar-refractivity contribution in [3.8, 4) is 0 Å². The maximum Gasteiger partial charge on any atom is 0.230 e. The molecular weight excluding hydrogens is 412 g/mol. The molecule has 7 nitrogen and oxygen atoms in total. The summed E-state index contributed by atoms with van der Waals surface area (Å²) in [6.07, 6.45) is 7.82. The van der Waals surface area contributed by atoms with Gasteiger partial charge in [-0.15, -0.1) is 0 Å². The monoisotopic (exact) mass is 438 g/mol. The molecule has 2 aliphatic heterocycles. The third-order valence-electron chi connectivity index (χ3n) is 6.56. The molecule has 0 bridgehead atoms. The largest absolute Gasteiger partial charge is 0.355 e. The van der Waals surface area contributed by atoms with Gasteiger partial charge in [-0.1, -0.05) is 30.2 Å². The minimum Gasteiger partial charge on any atom is -0.355 e. The SMILES string of the molecule is CN(C(=O)C1CCN(c2ncnc3c2nc2n3CCCCC2)CC1)c1ccccc1Cl. The molecule has 0 unspecified atom stereocenters. The van der Waals surface area contributed by atoms with Crippen LogP contribution in [0.25, 0.3) is 11.2 Å². The van der Waals surface area contributed by atoms with Crippen LogP contribution in [-0.2, 0) is 17.8 Å². The van der Waals surface area contributed by atoms with Gasteiger partial charge in [-0.05, 0) is 37.8 Å². The maximum absolute atomic E-state index is 13.1. The second kappa shape index (κ2) is 8.46. The van der Waals surface area contributed by atoms with Crippen LogP contribution in [0.2, 0.25) is 5.02 Å². The molecule has 1 aromatic carbocycles. The van der Waals surface area contributed by atoms with E-state index in [1.165, 1.54) is 19.3 Å². The Morgan fingerprint density at radius 2 is 1.90 bits per heavy atom. The minimum absolute atomic E-state index is 0.0198. The highest BCUT2D eigenvalue weighted by Gasteiger charge is 2.30. The van der Waals surface area contributed by atoms with Crippen LogP contribution in [-0.4, -0.2) is 45.6 Å². The van der Waals surface area contributed by atoms with E-state index < -0.39 is 0 Å². The predicted octanol–water partition coefficient (Wildman–Crippen LogP) is 4.09. The molecule has 3 aromatic rings. The van der Waals surface area contributed by atoms with Gasteiger partial charge in [-0.25, -0.2) is 15.0 Å². The van der Waals surface area contributed by atoms with Crippen molar-refractivity contribution in [2.45, 2.75) is 45.1 Å². The summed E-state index contributed by atoms with van der Waals surface area (Å²) < 4.78 is 2.27. The Labute approximate surface area is 187 Å². The number of aryl methyl sites for hydroxylation is 2. The van der Waals surface area contributed by atoms with E-state index in [9.17, 15) is 4.79 Å². The van der Waals surface area contributed by atoms with E-state index in [2.05, 4.69) is 19.4 Å². The third-order valence-corrected chi connectivity index (χ3v) is 6.88. The van der Waals surface area contributed by atoms with Crippen molar-refractivity contribution in [2.24, 2.45) is 5.92 Å². The molecule has 2 aliphatic rings. The Morgan fingerprint density at radius 1 is 1.10 bits per heavy atom. The number of carbonyl (C=O) groups excluding carboxylic acids is 1. The van der Waals surface area contributed by atoms with Crippen molar-refractivity contribution >= 4 is 40.2 Å². The topological polar surface area (TPSA) is 67.2 Å². The van der Waals surface area contributed by atoms with Gasteiger partial charge < -0.3 is 14.4 Å². The molecule has 2 aromatic heterocycles. The molecule has 0 saturated carbocycles. The lowest BCUT2D eigenvalue weighted by Gasteiger charge is -2.34. The van der Waals surface area contributed by atoms with Crippen LogP contribution in [0.5, 0.6) is 0 Å². The first kappa shape index (κ1) is 20.2. The number of fused-ring (bicyclic) bond motifs is 3. The zero-order chi connectivity index (χ0) is 21.4. The fraction of sp³-hybridized carbons (Fsp3) is 0.478. The fourth-order valence-electron chi connectivity index (χ4n) is 4.81. The number of carbonyl (C=O) groups is 1. The van der Waals surface area contributed by atoms with E-state index in [-0.39, 0.29) is 11.8 Å². The van der Waals surface area contributed by atoms with Crippen LogP contribution in [0.3, 0.4) is 0 Å². The van der Waals surface area contributed by atoms with E-state index in [0.717, 1.165) is 67.4 Å². The summed E-state index contributed by atoms with van der Waals surface area (Å²) in [5.41, 5.74) is 2.60. The van der Waals surface area contributed by atoms with Crippen LogP contribution in [0.1, 0.15) is 37.9 Å². The summed E-state index contributed by atoms with van der Waals surface area (Å²) >= 11 is 6.29. The van der Waals surface area contributed by atoms with Gasteiger partial charge >= 0.3 is 0 Å². The quantitative estimate of drug-likeness (QED) is 0.616. The van der Waals surface area contributed by atoms with Crippen LogP contribution in [0, 0.1) is 5.92 Å². The number of hydrogen-bond acceptors (Lipinski definition) is 5. The highest BCUT2D eigenvalue weighted by molar-refractivity contribution is 6.33. The Bertz CT molecular complexity index is 1100. The smallest absolute Gasteiger partial charge is 0.230 e. The number of amides is 1. The molecule has 1 amide bonds. The summed E-state index contributed by atoms with van der Waals surface area (Å²) in [4.78, 5) is 31.1. The van der Waals surface area contributed by atoms with Crippen molar-refractivity contribution < 1.29 is 4.79 Å². The number of imidazole rings is 1. The van der Waals surface area contributed by atoms with Crippen molar-refractivity contribution in [3.05, 3.63) is 41.4 Å². The second-order valence-corrected chi connectivity index (χ2v) is 8.88. The first-order valence-electron chi connectivity index (χ1n) is 11.1. The van der Waals surface area contributed by atoms with Crippen LogP contribution in [0.15, 0.2) is 30.6 Å². The second-order valence-electron chi connectivity index (χ2n) is 8.47. The van der Waals surface area contributed by atoms with Gasteiger partial charge in [0.1, 0.15) is 12.2 Å².